The minimum atomic E-state index is -1.51. The summed E-state index contributed by atoms with van der Waals surface area (Å²) < 4.78 is 0. The first kappa shape index (κ1) is 26.8. The van der Waals surface area contributed by atoms with Gasteiger partial charge in [0, 0.05) is 45.2 Å². The number of hydrogen-bond acceptors (Lipinski definition) is 6. The molecule has 0 aliphatic carbocycles. The van der Waals surface area contributed by atoms with E-state index in [1.165, 1.54) is 24.3 Å². The fourth-order valence-corrected chi connectivity index (χ4v) is 7.25. The number of nitrogens with one attached hydrogen (secondary N) is 1. The molecule has 9 heteroatoms. The summed E-state index contributed by atoms with van der Waals surface area (Å²) in [4.78, 5) is 57.0. The molecule has 4 aromatic carbocycles. The number of rotatable bonds is 5. The van der Waals surface area contributed by atoms with Crippen molar-refractivity contribution < 1.29 is 19.3 Å². The zero-order valence-electron chi connectivity index (χ0n) is 22.9. The van der Waals surface area contributed by atoms with Crippen LogP contribution < -0.4 is 10.2 Å². The first-order valence-electron chi connectivity index (χ1n) is 13.8. The van der Waals surface area contributed by atoms with Gasteiger partial charge in [0.2, 0.25) is 5.91 Å². The van der Waals surface area contributed by atoms with Gasteiger partial charge in [-0.3, -0.25) is 24.5 Å². The Balaban J connectivity index is 1.55. The smallest absolute Gasteiger partial charge is 0.270 e. The number of nitrogens with zero attached hydrogens (tertiary/aromatic N) is 2. The molecule has 0 bridgehead atoms. The molecule has 3 heterocycles. The molecule has 0 saturated carbocycles. The largest absolute Gasteiger partial charge is 0.352 e. The Morgan fingerprint density at radius 3 is 2.40 bits per heavy atom. The summed E-state index contributed by atoms with van der Waals surface area (Å²) in [6.45, 7) is 1.95. The van der Waals surface area contributed by atoms with E-state index in [0.29, 0.717) is 21.8 Å². The monoisotopic (exact) mass is 589 g/mol. The lowest BCUT2D eigenvalue weighted by Gasteiger charge is -2.39. The minimum Gasteiger partial charge on any atom is -0.352 e. The van der Waals surface area contributed by atoms with E-state index in [4.69, 9.17) is 11.6 Å². The number of nitro groups is 1. The van der Waals surface area contributed by atoms with Gasteiger partial charge < -0.3 is 10.2 Å². The van der Waals surface area contributed by atoms with Crippen molar-refractivity contribution in [2.75, 3.05) is 10.2 Å². The number of amides is 1. The number of Topliss-reactive ketones (excluding diaryl/α,β-unsaturated/α-hetero) is 2. The van der Waals surface area contributed by atoms with Gasteiger partial charge in [-0.1, -0.05) is 66.2 Å². The Labute approximate surface area is 251 Å². The van der Waals surface area contributed by atoms with Crippen molar-refractivity contribution in [1.29, 1.82) is 0 Å². The van der Waals surface area contributed by atoms with E-state index < -0.39 is 40.0 Å². The molecule has 1 saturated heterocycles. The van der Waals surface area contributed by atoms with Crippen LogP contribution in [0.3, 0.4) is 0 Å². The van der Waals surface area contributed by atoms with Crippen LogP contribution in [0.1, 0.15) is 38.8 Å². The Morgan fingerprint density at radius 2 is 1.63 bits per heavy atom. The van der Waals surface area contributed by atoms with Gasteiger partial charge in [-0.15, -0.1) is 0 Å². The number of benzene rings is 4. The van der Waals surface area contributed by atoms with Crippen LogP contribution in [0, 0.1) is 16.0 Å². The van der Waals surface area contributed by atoms with Gasteiger partial charge >= 0.3 is 0 Å². The van der Waals surface area contributed by atoms with Crippen LogP contribution in [0.15, 0.2) is 103 Å². The van der Waals surface area contributed by atoms with E-state index in [0.717, 1.165) is 16.8 Å². The van der Waals surface area contributed by atoms with Gasteiger partial charge in [0.25, 0.3) is 5.69 Å². The number of carbonyl (C=O) groups is 3. The summed E-state index contributed by atoms with van der Waals surface area (Å²) in [5.41, 5.74) is 2.31. The third-order valence-electron chi connectivity index (χ3n) is 8.91. The van der Waals surface area contributed by atoms with Crippen molar-refractivity contribution in [2.45, 2.75) is 24.4 Å². The number of halogens is 1. The molecule has 1 amide bonds. The highest BCUT2D eigenvalue weighted by Crippen LogP contribution is 2.58. The van der Waals surface area contributed by atoms with E-state index in [1.54, 1.807) is 36.4 Å². The molecule has 1 spiro atoms. The van der Waals surface area contributed by atoms with Gasteiger partial charge in [-0.2, -0.15) is 0 Å². The van der Waals surface area contributed by atoms with E-state index in [-0.39, 0.29) is 17.0 Å². The van der Waals surface area contributed by atoms with Crippen LogP contribution in [0.4, 0.5) is 17.1 Å². The predicted molar refractivity (Wildman–Crippen MR) is 164 cm³/mol. The van der Waals surface area contributed by atoms with Crippen molar-refractivity contribution >= 4 is 51.7 Å². The van der Waals surface area contributed by atoms with Gasteiger partial charge in [-0.25, -0.2) is 0 Å². The number of allylic oxidation sites excluding steroid dienone is 1. The second kappa shape index (κ2) is 9.74. The highest BCUT2D eigenvalue weighted by molar-refractivity contribution is 6.30. The highest BCUT2D eigenvalue weighted by Gasteiger charge is 2.70. The average Bonchev–Trinajstić information content (AvgIpc) is 3.49. The van der Waals surface area contributed by atoms with Crippen molar-refractivity contribution in [3.05, 3.63) is 141 Å². The van der Waals surface area contributed by atoms with Gasteiger partial charge in [0.05, 0.1) is 16.9 Å². The maximum Gasteiger partial charge on any atom is 0.270 e. The fraction of sp³-hybridized carbons (Fsp3) is 0.147. The molecule has 1 fully saturated rings. The molecular weight excluding hydrogens is 566 g/mol. The molecule has 212 valence electrons. The zero-order chi connectivity index (χ0) is 30.0. The molecule has 1 N–H and O–H groups in total. The number of ketones is 2. The first-order valence-corrected chi connectivity index (χ1v) is 14.2. The Kier molecular flexibility index (Phi) is 6.07. The molecule has 43 heavy (non-hydrogen) atoms. The van der Waals surface area contributed by atoms with Crippen LogP contribution in [-0.4, -0.2) is 34.5 Å². The number of non-ortho nitro benzene ring substituents is 1. The van der Waals surface area contributed by atoms with Crippen molar-refractivity contribution in [2.24, 2.45) is 5.92 Å². The molecular formula is C34H24ClN3O5. The number of hydrogen-bond donors (Lipinski definition) is 1. The van der Waals surface area contributed by atoms with E-state index in [1.807, 2.05) is 54.3 Å². The summed E-state index contributed by atoms with van der Waals surface area (Å²) >= 11 is 6.15. The zero-order valence-corrected chi connectivity index (χ0v) is 23.6. The molecule has 0 aromatic heterocycles. The molecule has 3 aliphatic heterocycles. The molecule has 4 aromatic rings. The van der Waals surface area contributed by atoms with Gasteiger partial charge in [-0.05, 0) is 54.5 Å². The Morgan fingerprint density at radius 1 is 0.907 bits per heavy atom. The van der Waals surface area contributed by atoms with Crippen LogP contribution in [0.5, 0.6) is 0 Å². The second-order valence-corrected chi connectivity index (χ2v) is 11.5. The number of carbonyl (C=O) groups excluding carboxylic acids is 3. The van der Waals surface area contributed by atoms with Crippen molar-refractivity contribution in [3.63, 3.8) is 0 Å². The number of fused-ring (bicyclic) bond motifs is 6. The molecule has 3 aliphatic rings. The fourth-order valence-electron chi connectivity index (χ4n) is 7.12. The van der Waals surface area contributed by atoms with E-state index in [2.05, 4.69) is 5.32 Å². The first-order chi connectivity index (χ1) is 20.7. The van der Waals surface area contributed by atoms with Crippen LogP contribution in [-0.2, 0) is 10.2 Å². The van der Waals surface area contributed by atoms with Crippen LogP contribution >= 0.6 is 11.6 Å². The molecule has 8 nitrogen and oxygen atoms in total. The number of anilines is 2. The lowest BCUT2D eigenvalue weighted by molar-refractivity contribution is -0.384. The lowest BCUT2D eigenvalue weighted by atomic mass is 9.64. The maximum absolute atomic E-state index is 14.9. The topological polar surface area (TPSA) is 110 Å². The predicted octanol–water partition coefficient (Wildman–Crippen LogP) is 6.49. The third-order valence-corrected chi connectivity index (χ3v) is 9.16. The van der Waals surface area contributed by atoms with Gasteiger partial charge in [0.1, 0.15) is 11.5 Å². The normalized spacial score (nSPS) is 23.2. The van der Waals surface area contributed by atoms with Crippen LogP contribution in [0.2, 0.25) is 5.02 Å². The van der Waals surface area contributed by atoms with Crippen molar-refractivity contribution in [1.82, 2.24) is 0 Å². The molecule has 0 unspecified atom stereocenters. The van der Waals surface area contributed by atoms with E-state index in [9.17, 15) is 24.5 Å². The van der Waals surface area contributed by atoms with Crippen LogP contribution in [0.25, 0.3) is 5.57 Å². The maximum atomic E-state index is 14.9. The average molecular weight is 590 g/mol. The number of para-hydroxylation sites is 2. The summed E-state index contributed by atoms with van der Waals surface area (Å²) in [5.74, 6) is -2.52. The Bertz CT molecular complexity index is 1900. The SMILES string of the molecule is CC1=C[C@@H]2N(c3ccccc31)[C@@H](C(=O)c1ccc(Cl)cc1)[C@@H](C(=O)c1cccc([N+](=O)[O-])c1)[C@@]21C(=O)Nc2ccccc21. The number of nitro benzene ring substituents is 1. The molecule has 0 radical (unpaired) electrons. The van der Waals surface area contributed by atoms with E-state index >= 15 is 0 Å². The minimum absolute atomic E-state index is 0.0542. The van der Waals surface area contributed by atoms with Crippen molar-refractivity contribution in [3.8, 4) is 0 Å². The summed E-state index contributed by atoms with van der Waals surface area (Å²) in [6.07, 6.45) is 1.97. The highest BCUT2D eigenvalue weighted by atomic mass is 35.5. The summed E-state index contributed by atoms with van der Waals surface area (Å²) in [5, 5.41) is 15.1. The summed E-state index contributed by atoms with van der Waals surface area (Å²) in [6, 6.07) is 24.9. The third kappa shape index (κ3) is 3.79. The standard InChI is InChI=1S/C34H24ClN3O5/c1-19-17-28-34(25-10-3-4-11-26(25)36-33(34)41)29(31(39)21-7-6-8-23(18-21)38(42)43)30(32(40)20-13-15-22(35)16-14-20)37(28)27-12-5-2-9-24(19)27/h2-18,28-30H,1H3,(H,36,41)/t28-,29-,30+,34-/m0/s1. The quantitative estimate of drug-likeness (QED) is 0.162. The summed E-state index contributed by atoms with van der Waals surface area (Å²) in [7, 11) is 0. The molecule has 4 atom stereocenters. The second-order valence-electron chi connectivity index (χ2n) is 11.1. The lowest BCUT2D eigenvalue weighted by Crippen LogP contribution is -2.51. The van der Waals surface area contributed by atoms with Gasteiger partial charge in [0.15, 0.2) is 11.6 Å². The molecule has 7 rings (SSSR count). The Hall–Kier alpha value is -5.08.